The maximum Gasteiger partial charge on any atom is 0.0547 e. The predicted octanol–water partition coefficient (Wildman–Crippen LogP) is 15.7. The van der Waals surface area contributed by atoms with Crippen LogP contribution in [0.5, 0.6) is 0 Å². The Hall–Kier alpha value is -7.88. The van der Waals surface area contributed by atoms with Gasteiger partial charge in [-0.1, -0.05) is 140 Å². The molecule has 3 heteroatoms. The van der Waals surface area contributed by atoms with Crippen LogP contribution < -0.4 is 9.80 Å². The van der Waals surface area contributed by atoms with E-state index in [0.29, 0.717) is 0 Å². The van der Waals surface area contributed by atoms with Gasteiger partial charge in [-0.05, 0) is 130 Å². The molecule has 0 bridgehead atoms. The number of benzene rings is 10. The molecule has 0 saturated heterocycles. The van der Waals surface area contributed by atoms with Gasteiger partial charge in [0.2, 0.25) is 0 Å². The second-order valence-electron chi connectivity index (χ2n) is 15.0. The summed E-state index contributed by atoms with van der Waals surface area (Å²) in [5, 5.41) is 7.50. The van der Waals surface area contributed by atoms with Crippen LogP contribution in [0, 0.1) is 0 Å². The van der Waals surface area contributed by atoms with Crippen LogP contribution in [-0.2, 0) is 0 Å². The molecule has 0 atom stereocenters. The van der Waals surface area contributed by atoms with E-state index < -0.39 is 0 Å². The van der Waals surface area contributed by atoms with Crippen molar-refractivity contribution in [3.8, 4) is 16.8 Å². The minimum atomic E-state index is 1.08. The minimum absolute atomic E-state index is 1.08. The first-order valence-corrected chi connectivity index (χ1v) is 20.2. The van der Waals surface area contributed by atoms with Crippen LogP contribution in [0.1, 0.15) is 0 Å². The molecule has 0 unspecified atom stereocenters. The van der Waals surface area contributed by atoms with Gasteiger partial charge in [-0.2, -0.15) is 0 Å². The highest BCUT2D eigenvalue weighted by molar-refractivity contribution is 6.11. The molecule has 3 nitrogen and oxygen atoms in total. The summed E-state index contributed by atoms with van der Waals surface area (Å²) >= 11 is 0. The third kappa shape index (κ3) is 6.17. The molecule has 0 aliphatic heterocycles. The summed E-state index contributed by atoms with van der Waals surface area (Å²) < 4.78 is 2.38. The molecule has 0 saturated carbocycles. The Kier molecular flexibility index (Phi) is 8.49. The number of nitrogens with zero attached hydrogens (tertiary/aromatic N) is 3. The lowest BCUT2D eigenvalue weighted by Crippen LogP contribution is -2.12. The number of rotatable bonds is 8. The summed E-state index contributed by atoms with van der Waals surface area (Å²) in [5.74, 6) is 0. The van der Waals surface area contributed by atoms with E-state index in [1.165, 1.54) is 48.9 Å². The summed E-state index contributed by atoms with van der Waals surface area (Å²) in [4.78, 5) is 4.69. The second kappa shape index (κ2) is 14.6. The number of aromatic nitrogens is 1. The van der Waals surface area contributed by atoms with E-state index >= 15 is 0 Å². The largest absolute Gasteiger partial charge is 0.310 e. The van der Waals surface area contributed by atoms with Gasteiger partial charge in [0.25, 0.3) is 0 Å². The average molecular weight is 754 g/mol. The zero-order valence-electron chi connectivity index (χ0n) is 32.4. The SMILES string of the molecule is c1ccc(N(c2ccc(N(c3ccccc3)c3ccc4c(ccc5ccccc54)c3)cc2)c2cccc(-c3ccc4c5ccccc5n(-c5ccccc5)c4c3)c2)cc1. The molecule has 0 spiro atoms. The third-order valence-corrected chi connectivity index (χ3v) is 11.5. The fourth-order valence-electron chi connectivity index (χ4n) is 8.77. The van der Waals surface area contributed by atoms with Gasteiger partial charge in [0.1, 0.15) is 0 Å². The van der Waals surface area contributed by atoms with Crippen molar-refractivity contribution in [1.29, 1.82) is 0 Å². The van der Waals surface area contributed by atoms with E-state index in [0.717, 1.165) is 45.4 Å². The fraction of sp³-hybridized carbons (Fsp3) is 0. The predicted molar refractivity (Wildman–Crippen MR) is 251 cm³/mol. The van der Waals surface area contributed by atoms with Gasteiger partial charge in [0.05, 0.1) is 11.0 Å². The molecular weight excluding hydrogens is 715 g/mol. The van der Waals surface area contributed by atoms with Gasteiger partial charge in [-0.25, -0.2) is 0 Å². The Labute approximate surface area is 343 Å². The van der Waals surface area contributed by atoms with Crippen molar-refractivity contribution in [2.45, 2.75) is 0 Å². The highest BCUT2D eigenvalue weighted by Gasteiger charge is 2.18. The van der Waals surface area contributed by atoms with E-state index in [-0.39, 0.29) is 0 Å². The normalized spacial score (nSPS) is 11.4. The maximum atomic E-state index is 2.38. The first kappa shape index (κ1) is 34.4. The zero-order valence-corrected chi connectivity index (χ0v) is 32.4. The second-order valence-corrected chi connectivity index (χ2v) is 15.0. The van der Waals surface area contributed by atoms with Crippen molar-refractivity contribution < 1.29 is 0 Å². The van der Waals surface area contributed by atoms with Gasteiger partial charge in [-0.15, -0.1) is 0 Å². The molecule has 1 aromatic heterocycles. The Bertz CT molecular complexity index is 3260. The molecule has 0 fully saturated rings. The Balaban J connectivity index is 0.997. The molecule has 278 valence electrons. The lowest BCUT2D eigenvalue weighted by molar-refractivity contribution is 1.18. The van der Waals surface area contributed by atoms with Crippen LogP contribution >= 0.6 is 0 Å². The molecule has 11 aromatic rings. The van der Waals surface area contributed by atoms with Gasteiger partial charge in [0.15, 0.2) is 0 Å². The number of hydrogen-bond donors (Lipinski definition) is 0. The van der Waals surface area contributed by atoms with Crippen LogP contribution in [-0.4, -0.2) is 4.57 Å². The van der Waals surface area contributed by atoms with Crippen LogP contribution in [0.4, 0.5) is 34.1 Å². The molecule has 0 aliphatic rings. The monoisotopic (exact) mass is 753 g/mol. The number of para-hydroxylation sites is 4. The molecule has 0 aliphatic carbocycles. The van der Waals surface area contributed by atoms with Crippen molar-refractivity contribution in [3.05, 3.63) is 237 Å². The summed E-state index contributed by atoms with van der Waals surface area (Å²) in [6.45, 7) is 0. The number of hydrogen-bond acceptors (Lipinski definition) is 2. The van der Waals surface area contributed by atoms with E-state index in [9.17, 15) is 0 Å². The molecule has 10 aromatic carbocycles. The average Bonchev–Trinajstić information content (AvgIpc) is 3.64. The fourth-order valence-corrected chi connectivity index (χ4v) is 8.77. The van der Waals surface area contributed by atoms with Crippen molar-refractivity contribution in [2.75, 3.05) is 9.80 Å². The number of fused-ring (bicyclic) bond motifs is 6. The highest BCUT2D eigenvalue weighted by atomic mass is 15.2. The summed E-state index contributed by atoms with van der Waals surface area (Å²) in [6.07, 6.45) is 0. The van der Waals surface area contributed by atoms with Crippen LogP contribution in [0.3, 0.4) is 0 Å². The number of anilines is 6. The topological polar surface area (TPSA) is 11.4 Å². The third-order valence-electron chi connectivity index (χ3n) is 11.5. The van der Waals surface area contributed by atoms with Gasteiger partial charge in [0, 0.05) is 50.6 Å². The molecule has 0 amide bonds. The van der Waals surface area contributed by atoms with Crippen LogP contribution in [0.2, 0.25) is 0 Å². The lowest BCUT2D eigenvalue weighted by atomic mass is 10.0. The molecule has 1 heterocycles. The van der Waals surface area contributed by atoms with Crippen LogP contribution in [0.15, 0.2) is 237 Å². The van der Waals surface area contributed by atoms with Gasteiger partial charge in [-0.3, -0.25) is 0 Å². The lowest BCUT2D eigenvalue weighted by Gasteiger charge is -2.28. The minimum Gasteiger partial charge on any atom is -0.310 e. The molecule has 11 rings (SSSR count). The Morgan fingerprint density at radius 2 is 0.729 bits per heavy atom. The molecular formula is C56H39N3. The van der Waals surface area contributed by atoms with E-state index in [4.69, 9.17) is 0 Å². The maximum absolute atomic E-state index is 2.38. The quantitative estimate of drug-likeness (QED) is 0.143. The van der Waals surface area contributed by atoms with Crippen molar-refractivity contribution >= 4 is 77.5 Å². The van der Waals surface area contributed by atoms with E-state index in [1.54, 1.807) is 0 Å². The van der Waals surface area contributed by atoms with E-state index in [2.05, 4.69) is 251 Å². The first-order chi connectivity index (χ1) is 29.3. The summed E-state index contributed by atoms with van der Waals surface area (Å²) in [5.41, 5.74) is 12.5. The molecule has 0 N–H and O–H groups in total. The Morgan fingerprint density at radius 1 is 0.254 bits per heavy atom. The van der Waals surface area contributed by atoms with Crippen molar-refractivity contribution in [3.63, 3.8) is 0 Å². The van der Waals surface area contributed by atoms with Crippen molar-refractivity contribution in [2.24, 2.45) is 0 Å². The van der Waals surface area contributed by atoms with Gasteiger partial charge >= 0.3 is 0 Å². The first-order valence-electron chi connectivity index (χ1n) is 20.2. The molecule has 59 heavy (non-hydrogen) atoms. The van der Waals surface area contributed by atoms with Crippen LogP contribution in [0.25, 0.3) is 60.2 Å². The Morgan fingerprint density at radius 3 is 1.44 bits per heavy atom. The summed E-state index contributed by atoms with van der Waals surface area (Å²) in [6, 6.07) is 85.3. The smallest absolute Gasteiger partial charge is 0.0547 e. The highest BCUT2D eigenvalue weighted by Crippen LogP contribution is 2.42. The van der Waals surface area contributed by atoms with E-state index in [1.807, 2.05) is 0 Å². The standard InChI is InChI=1S/C56H39N3/c1-4-17-44(18-5-1)57(49-23-14-16-41(37-49)42-29-35-54-53-25-12-13-26-55(53)59(56(54)39-42)46-21-8-3-9-22-46)47-30-32-48(33-31-47)58(45-19-6-2-7-20-45)50-34-36-52-43(38-50)28-27-40-15-10-11-24-51(40)52/h1-39H. The zero-order chi connectivity index (χ0) is 39.1. The molecule has 0 radical (unpaired) electrons. The summed E-state index contributed by atoms with van der Waals surface area (Å²) in [7, 11) is 0. The van der Waals surface area contributed by atoms with Gasteiger partial charge < -0.3 is 14.4 Å². The van der Waals surface area contributed by atoms with Crippen molar-refractivity contribution in [1.82, 2.24) is 4.57 Å².